The lowest BCUT2D eigenvalue weighted by molar-refractivity contribution is 0.373. The van der Waals surface area contributed by atoms with Crippen LogP contribution >= 0.6 is 38.9 Å². The second kappa shape index (κ2) is 5.26. The van der Waals surface area contributed by atoms with Gasteiger partial charge in [0.2, 0.25) is 0 Å². The number of rotatable bonds is 5. The van der Waals surface area contributed by atoms with Crippen molar-refractivity contribution in [3.8, 4) is 0 Å². The van der Waals surface area contributed by atoms with Crippen molar-refractivity contribution in [3.05, 3.63) is 19.8 Å². The van der Waals surface area contributed by atoms with E-state index in [2.05, 4.69) is 34.2 Å². The molecule has 0 aliphatic heterocycles. The first kappa shape index (κ1) is 14.0. The van der Waals surface area contributed by atoms with Gasteiger partial charge < -0.3 is 5.32 Å². The first-order valence-corrected chi connectivity index (χ1v) is 9.87. The molecule has 1 nitrogen and oxygen atoms in total. The fraction of sp³-hybridized carbons (Fsp3) is 0.750. The van der Waals surface area contributed by atoms with Crippen molar-refractivity contribution in [1.82, 2.24) is 5.32 Å². The number of thiophene rings is 1. The third-order valence-electron chi connectivity index (χ3n) is 5.76. The Hall–Kier alpha value is 0.430. The van der Waals surface area contributed by atoms with Gasteiger partial charge in [0.1, 0.15) is 4.34 Å². The summed E-state index contributed by atoms with van der Waals surface area (Å²) in [6.07, 6.45) is 5.72. The molecule has 5 atom stereocenters. The molecule has 1 aromatic rings. The summed E-state index contributed by atoms with van der Waals surface area (Å²) in [6.45, 7) is 3.36. The number of fused-ring (bicyclic) bond motifs is 5. The zero-order valence-electron chi connectivity index (χ0n) is 11.7. The number of nitrogens with one attached hydrogen (secondary N) is 1. The van der Waals surface area contributed by atoms with Crippen LogP contribution < -0.4 is 5.32 Å². The minimum Gasteiger partial charge on any atom is -0.309 e. The van der Waals surface area contributed by atoms with Gasteiger partial charge in [0.25, 0.3) is 0 Å². The van der Waals surface area contributed by atoms with Crippen LogP contribution in [-0.4, -0.2) is 6.54 Å². The molecule has 0 amide bonds. The molecular weight excluding hydrogens is 354 g/mol. The molecule has 5 unspecified atom stereocenters. The lowest BCUT2D eigenvalue weighted by Crippen LogP contribution is -2.25. The van der Waals surface area contributed by atoms with Crippen molar-refractivity contribution >= 4 is 38.9 Å². The fourth-order valence-electron chi connectivity index (χ4n) is 5.08. The lowest BCUT2D eigenvalue weighted by atomic mass is 9.96. The molecule has 3 saturated carbocycles. The molecule has 0 radical (unpaired) electrons. The summed E-state index contributed by atoms with van der Waals surface area (Å²) in [7, 11) is 0. The van der Waals surface area contributed by atoms with Gasteiger partial charge in [-0.3, -0.25) is 0 Å². The normalized spacial score (nSPS) is 39.0. The van der Waals surface area contributed by atoms with Crippen LogP contribution in [-0.2, 0) is 0 Å². The first-order chi connectivity index (χ1) is 9.70. The van der Waals surface area contributed by atoms with E-state index in [0.29, 0.717) is 6.04 Å². The smallest absolute Gasteiger partial charge is 0.107 e. The van der Waals surface area contributed by atoms with Gasteiger partial charge in [-0.05, 0) is 83.8 Å². The highest BCUT2D eigenvalue weighted by molar-refractivity contribution is 9.10. The van der Waals surface area contributed by atoms with Crippen molar-refractivity contribution in [2.45, 2.75) is 38.6 Å². The molecule has 3 aliphatic rings. The summed E-state index contributed by atoms with van der Waals surface area (Å²) in [5, 5.41) is 3.82. The van der Waals surface area contributed by atoms with E-state index in [1.54, 1.807) is 11.3 Å². The van der Waals surface area contributed by atoms with Crippen LogP contribution in [0.15, 0.2) is 10.5 Å². The molecule has 0 aromatic carbocycles. The molecule has 4 heteroatoms. The molecule has 2 bridgehead atoms. The van der Waals surface area contributed by atoms with Crippen LogP contribution in [0.1, 0.15) is 43.5 Å². The average molecular weight is 375 g/mol. The van der Waals surface area contributed by atoms with Gasteiger partial charge in [-0.25, -0.2) is 0 Å². The van der Waals surface area contributed by atoms with Crippen molar-refractivity contribution < 1.29 is 0 Å². The molecule has 1 heterocycles. The van der Waals surface area contributed by atoms with Crippen molar-refractivity contribution in [3.63, 3.8) is 0 Å². The topological polar surface area (TPSA) is 12.0 Å². The number of halogens is 2. The largest absolute Gasteiger partial charge is 0.309 e. The van der Waals surface area contributed by atoms with Crippen molar-refractivity contribution in [2.75, 3.05) is 6.54 Å². The maximum absolute atomic E-state index is 6.27. The van der Waals surface area contributed by atoms with Crippen molar-refractivity contribution in [1.29, 1.82) is 0 Å². The van der Waals surface area contributed by atoms with Crippen LogP contribution in [0.3, 0.4) is 0 Å². The molecule has 0 spiro atoms. The first-order valence-electron chi connectivity index (χ1n) is 7.88. The van der Waals surface area contributed by atoms with Gasteiger partial charge in [0, 0.05) is 15.4 Å². The minimum atomic E-state index is 0.544. The summed E-state index contributed by atoms with van der Waals surface area (Å²) in [6, 6.07) is 2.79. The van der Waals surface area contributed by atoms with E-state index in [9.17, 15) is 0 Å². The van der Waals surface area contributed by atoms with Gasteiger partial charge in [0.05, 0.1) is 0 Å². The van der Waals surface area contributed by atoms with E-state index in [1.165, 1.54) is 30.6 Å². The maximum atomic E-state index is 6.27. The highest BCUT2D eigenvalue weighted by Gasteiger charge is 2.66. The summed E-state index contributed by atoms with van der Waals surface area (Å²) >= 11 is 11.6. The summed E-state index contributed by atoms with van der Waals surface area (Å²) in [5.74, 6) is 5.00. The Bertz CT molecular complexity index is 481. The van der Waals surface area contributed by atoms with Crippen LogP contribution in [0, 0.1) is 29.6 Å². The van der Waals surface area contributed by atoms with E-state index in [-0.39, 0.29) is 0 Å². The second-order valence-corrected chi connectivity index (χ2v) is 9.31. The molecule has 0 saturated heterocycles. The molecule has 20 heavy (non-hydrogen) atoms. The minimum absolute atomic E-state index is 0.544. The quantitative estimate of drug-likeness (QED) is 0.718. The Morgan fingerprint density at radius 1 is 1.40 bits per heavy atom. The van der Waals surface area contributed by atoms with E-state index >= 15 is 0 Å². The van der Waals surface area contributed by atoms with E-state index in [0.717, 1.165) is 44.9 Å². The Morgan fingerprint density at radius 2 is 2.10 bits per heavy atom. The van der Waals surface area contributed by atoms with Crippen molar-refractivity contribution in [2.24, 2.45) is 29.6 Å². The van der Waals surface area contributed by atoms with Crippen LogP contribution in [0.2, 0.25) is 4.34 Å². The van der Waals surface area contributed by atoms with Gasteiger partial charge in [-0.2, -0.15) is 0 Å². The van der Waals surface area contributed by atoms with Gasteiger partial charge in [0.15, 0.2) is 0 Å². The zero-order valence-corrected chi connectivity index (χ0v) is 14.9. The van der Waals surface area contributed by atoms with Gasteiger partial charge in [-0.15, -0.1) is 11.3 Å². The number of hydrogen-bond acceptors (Lipinski definition) is 2. The van der Waals surface area contributed by atoms with Crippen LogP contribution in [0.25, 0.3) is 0 Å². The Kier molecular flexibility index (Phi) is 3.69. The van der Waals surface area contributed by atoms with Gasteiger partial charge >= 0.3 is 0 Å². The third-order valence-corrected chi connectivity index (χ3v) is 8.32. The Balaban J connectivity index is 1.57. The Morgan fingerprint density at radius 3 is 2.65 bits per heavy atom. The molecule has 1 aromatic heterocycles. The molecule has 110 valence electrons. The Labute approximate surface area is 138 Å². The standard InChI is InChI=1S/C16H21BrClNS/c1-2-5-19-15(11-7-10(17)16(18)20-11)14-12-8-3-4-9(6-8)13(12)14/h7-9,12-15,19H,2-6H2,1H3. The predicted octanol–water partition coefficient (Wildman–Crippen LogP) is 5.50. The van der Waals surface area contributed by atoms with E-state index < -0.39 is 0 Å². The van der Waals surface area contributed by atoms with Gasteiger partial charge in [-0.1, -0.05) is 18.5 Å². The molecule has 4 rings (SSSR count). The van der Waals surface area contributed by atoms with Crippen LogP contribution in [0.5, 0.6) is 0 Å². The summed E-state index contributed by atoms with van der Waals surface area (Å²) in [5.41, 5.74) is 0. The number of hydrogen-bond donors (Lipinski definition) is 1. The highest BCUT2D eigenvalue weighted by Crippen LogP contribution is 2.72. The zero-order chi connectivity index (χ0) is 13.9. The predicted molar refractivity (Wildman–Crippen MR) is 89.4 cm³/mol. The molecule has 1 N–H and O–H groups in total. The third kappa shape index (κ3) is 2.12. The summed E-state index contributed by atoms with van der Waals surface area (Å²) in [4.78, 5) is 1.44. The lowest BCUT2D eigenvalue weighted by Gasteiger charge is -2.20. The fourth-order valence-corrected chi connectivity index (χ4v) is 6.95. The van der Waals surface area contributed by atoms with E-state index in [1.807, 2.05) is 0 Å². The molecular formula is C16H21BrClNS. The monoisotopic (exact) mass is 373 g/mol. The summed E-state index contributed by atoms with van der Waals surface area (Å²) < 4.78 is 1.97. The average Bonchev–Trinajstić information content (AvgIpc) is 2.74. The highest BCUT2D eigenvalue weighted by atomic mass is 79.9. The molecule has 3 aliphatic carbocycles. The van der Waals surface area contributed by atoms with Crippen LogP contribution in [0.4, 0.5) is 0 Å². The molecule has 3 fully saturated rings. The second-order valence-electron chi connectivity index (χ2n) is 6.77. The maximum Gasteiger partial charge on any atom is 0.107 e. The van der Waals surface area contributed by atoms with E-state index in [4.69, 9.17) is 11.6 Å². The SMILES string of the molecule is CCCNC(c1cc(Br)c(Cl)s1)C1C2C3CCC(C3)C21.